The van der Waals surface area contributed by atoms with E-state index in [0.29, 0.717) is 32.1 Å². The summed E-state index contributed by atoms with van der Waals surface area (Å²) in [6, 6.07) is 32.7. The second kappa shape index (κ2) is 15.5. The summed E-state index contributed by atoms with van der Waals surface area (Å²) in [4.78, 5) is 35.5. The first-order valence-corrected chi connectivity index (χ1v) is 17.1. The van der Waals surface area contributed by atoms with Crippen LogP contribution < -0.4 is 14.2 Å². The number of ether oxygens (including phenoxy) is 4. The molecule has 12 heteroatoms. The maximum Gasteiger partial charge on any atom is 0.365 e. The summed E-state index contributed by atoms with van der Waals surface area (Å²) in [6.45, 7) is -0.130. The van der Waals surface area contributed by atoms with E-state index >= 15 is 0 Å². The SMILES string of the molecule is COc1ccc2nc(C(=O)OC(=O)c3cc(OCc4ccc(-c5ccccc5C#N)cc4)c4cc(F)ccc4n3)cc(OCc3ccc(Br)cc3F)c2c1. The molecule has 0 aliphatic rings. The van der Waals surface area contributed by atoms with Gasteiger partial charge in [-0.1, -0.05) is 64.5 Å². The summed E-state index contributed by atoms with van der Waals surface area (Å²) in [5.74, 6) is -2.44. The van der Waals surface area contributed by atoms with Gasteiger partial charge in [-0.05, 0) is 71.3 Å². The molecule has 2 aromatic heterocycles. The van der Waals surface area contributed by atoms with Gasteiger partial charge < -0.3 is 18.9 Å². The van der Waals surface area contributed by atoms with Crippen molar-refractivity contribution in [1.82, 2.24) is 9.97 Å². The molecule has 0 N–H and O–H groups in total. The molecule has 0 unspecified atom stereocenters. The first-order chi connectivity index (χ1) is 26.2. The van der Waals surface area contributed by atoms with Crippen LogP contribution in [0.1, 0.15) is 37.7 Å². The van der Waals surface area contributed by atoms with Crippen molar-refractivity contribution < 1.29 is 37.3 Å². The van der Waals surface area contributed by atoms with E-state index in [9.17, 15) is 23.6 Å². The van der Waals surface area contributed by atoms with Crippen LogP contribution in [-0.2, 0) is 18.0 Å². The number of nitrogens with zero attached hydrogens (tertiary/aromatic N) is 3. The van der Waals surface area contributed by atoms with Gasteiger partial charge in [0.25, 0.3) is 0 Å². The second-order valence-electron chi connectivity index (χ2n) is 11.9. The molecule has 0 atom stereocenters. The molecule has 7 aromatic rings. The van der Waals surface area contributed by atoms with Gasteiger partial charge in [0.15, 0.2) is 11.4 Å². The Bertz CT molecular complexity index is 2630. The molecule has 2 heterocycles. The highest BCUT2D eigenvalue weighted by molar-refractivity contribution is 9.10. The minimum Gasteiger partial charge on any atom is -0.497 e. The number of carbonyl (C=O) groups is 2. The van der Waals surface area contributed by atoms with Crippen molar-refractivity contribution in [3.05, 3.63) is 159 Å². The molecule has 0 bridgehead atoms. The number of carbonyl (C=O) groups excluding carboxylic acids is 2. The van der Waals surface area contributed by atoms with Gasteiger partial charge in [-0.2, -0.15) is 5.26 Å². The zero-order valence-corrected chi connectivity index (χ0v) is 29.9. The molecule has 0 aliphatic carbocycles. The van der Waals surface area contributed by atoms with Crippen LogP contribution in [0.2, 0.25) is 0 Å². The monoisotopic (exact) mass is 785 g/mol. The summed E-state index contributed by atoms with van der Waals surface area (Å²) in [5.41, 5.74) is 3.24. The lowest BCUT2D eigenvalue weighted by Gasteiger charge is -2.13. The number of aromatic nitrogens is 2. The Morgan fingerprint density at radius 1 is 0.741 bits per heavy atom. The molecule has 0 aliphatic heterocycles. The van der Waals surface area contributed by atoms with E-state index in [0.717, 1.165) is 16.7 Å². The molecular weight excluding hydrogens is 760 g/mol. The van der Waals surface area contributed by atoms with E-state index in [1.807, 2.05) is 36.4 Å². The predicted molar refractivity (Wildman–Crippen MR) is 199 cm³/mol. The van der Waals surface area contributed by atoms with Gasteiger partial charge >= 0.3 is 11.9 Å². The normalized spacial score (nSPS) is 10.9. The van der Waals surface area contributed by atoms with Crippen LogP contribution in [0.4, 0.5) is 8.78 Å². The topological polar surface area (TPSA) is 121 Å². The highest BCUT2D eigenvalue weighted by Crippen LogP contribution is 2.32. The Balaban J connectivity index is 1.13. The summed E-state index contributed by atoms with van der Waals surface area (Å²) >= 11 is 3.24. The fourth-order valence-corrected chi connectivity index (χ4v) is 6.01. The fraction of sp³-hybridized carbons (Fsp3) is 0.0714. The highest BCUT2D eigenvalue weighted by atomic mass is 79.9. The van der Waals surface area contributed by atoms with Crippen molar-refractivity contribution >= 4 is 49.7 Å². The number of rotatable bonds is 10. The number of nitriles is 1. The van der Waals surface area contributed by atoms with Crippen LogP contribution >= 0.6 is 15.9 Å². The van der Waals surface area contributed by atoms with E-state index in [2.05, 4.69) is 32.0 Å². The third kappa shape index (κ3) is 7.72. The number of fused-ring (bicyclic) bond motifs is 2. The molecular formula is C42H26BrF2N3O6. The zero-order valence-electron chi connectivity index (χ0n) is 28.3. The molecule has 0 fully saturated rings. The third-order valence-corrected chi connectivity index (χ3v) is 8.91. The van der Waals surface area contributed by atoms with Crippen LogP contribution in [0.15, 0.2) is 120 Å². The van der Waals surface area contributed by atoms with Gasteiger partial charge in [0.2, 0.25) is 0 Å². The predicted octanol–water partition coefficient (Wildman–Crippen LogP) is 9.53. The van der Waals surface area contributed by atoms with Crippen LogP contribution in [0.3, 0.4) is 0 Å². The Kier molecular flexibility index (Phi) is 10.2. The number of benzene rings is 5. The number of halogens is 3. The lowest BCUT2D eigenvalue weighted by Crippen LogP contribution is -2.16. The molecule has 9 nitrogen and oxygen atoms in total. The van der Waals surface area contributed by atoms with Crippen LogP contribution in [-0.4, -0.2) is 29.0 Å². The van der Waals surface area contributed by atoms with Crippen LogP contribution in [0.5, 0.6) is 17.2 Å². The molecule has 0 saturated carbocycles. The zero-order chi connectivity index (χ0) is 37.8. The van der Waals surface area contributed by atoms with Gasteiger partial charge in [0.05, 0.1) is 29.8 Å². The highest BCUT2D eigenvalue weighted by Gasteiger charge is 2.22. The average Bonchev–Trinajstić information content (AvgIpc) is 3.19. The van der Waals surface area contributed by atoms with E-state index in [-0.39, 0.29) is 47.2 Å². The van der Waals surface area contributed by atoms with Gasteiger partial charge in [-0.3, -0.25) is 0 Å². The van der Waals surface area contributed by atoms with E-state index in [4.69, 9.17) is 18.9 Å². The molecule has 0 spiro atoms. The maximum absolute atomic E-state index is 14.6. The van der Waals surface area contributed by atoms with E-state index in [1.54, 1.807) is 42.5 Å². The number of hydrogen-bond acceptors (Lipinski definition) is 9. The first-order valence-electron chi connectivity index (χ1n) is 16.3. The van der Waals surface area contributed by atoms with Gasteiger partial charge in [0.1, 0.15) is 42.1 Å². The smallest absolute Gasteiger partial charge is 0.365 e. The Morgan fingerprint density at radius 2 is 1.39 bits per heavy atom. The first kappa shape index (κ1) is 35.7. The Labute approximate surface area is 315 Å². The number of pyridine rings is 2. The molecule has 0 radical (unpaired) electrons. The van der Waals surface area contributed by atoms with E-state index in [1.165, 1.54) is 43.5 Å². The van der Waals surface area contributed by atoms with Crippen molar-refractivity contribution in [2.75, 3.05) is 7.11 Å². The summed E-state index contributed by atoms with van der Waals surface area (Å²) in [5, 5.41) is 10.2. The number of esters is 2. The Morgan fingerprint density at radius 3 is 2.06 bits per heavy atom. The van der Waals surface area contributed by atoms with Crippen molar-refractivity contribution in [3.63, 3.8) is 0 Å². The van der Waals surface area contributed by atoms with Crippen LogP contribution in [0, 0.1) is 23.0 Å². The summed E-state index contributed by atoms with van der Waals surface area (Å²) in [7, 11) is 1.49. The van der Waals surface area contributed by atoms with Crippen molar-refractivity contribution in [1.29, 1.82) is 5.26 Å². The molecule has 5 aromatic carbocycles. The molecule has 54 heavy (non-hydrogen) atoms. The Hall–Kier alpha value is -6.71. The van der Waals surface area contributed by atoms with Crippen molar-refractivity contribution in [3.8, 4) is 34.4 Å². The minimum absolute atomic E-state index is 0.0436. The lowest BCUT2D eigenvalue weighted by atomic mass is 9.99. The standard InChI is InChI=1S/C42H26BrF2N3O6/c1-51-30-13-15-36-33(18-30)40(53-23-27-10-11-28(43)16-34(27)45)20-38(48-36)42(50)54-41(49)37-19-39(32-17-29(44)12-14-35(32)47-37)52-22-24-6-8-25(9-7-24)31-5-3-2-4-26(31)21-46/h2-20H,22-23H2,1H3. The average molecular weight is 787 g/mol. The van der Waals surface area contributed by atoms with Crippen molar-refractivity contribution in [2.45, 2.75) is 13.2 Å². The number of methoxy groups -OCH3 is 1. The van der Waals surface area contributed by atoms with Gasteiger partial charge in [-0.15, -0.1) is 0 Å². The van der Waals surface area contributed by atoms with Crippen molar-refractivity contribution in [2.24, 2.45) is 0 Å². The van der Waals surface area contributed by atoms with Crippen LogP contribution in [0.25, 0.3) is 32.9 Å². The minimum atomic E-state index is -1.10. The lowest BCUT2D eigenvalue weighted by molar-refractivity contribution is 0.0389. The van der Waals surface area contributed by atoms with Gasteiger partial charge in [-0.25, -0.2) is 28.3 Å². The van der Waals surface area contributed by atoms with E-state index < -0.39 is 23.6 Å². The number of hydrogen-bond donors (Lipinski definition) is 0. The third-order valence-electron chi connectivity index (χ3n) is 8.42. The molecule has 7 rings (SSSR count). The molecule has 266 valence electrons. The summed E-state index contributed by atoms with van der Waals surface area (Å²) < 4.78 is 52.1. The van der Waals surface area contributed by atoms with Gasteiger partial charge in [0, 0.05) is 32.9 Å². The largest absolute Gasteiger partial charge is 0.497 e. The second-order valence-corrected chi connectivity index (χ2v) is 12.8. The fourth-order valence-electron chi connectivity index (χ4n) is 5.67. The molecule has 0 saturated heterocycles. The maximum atomic E-state index is 14.6. The quantitative estimate of drug-likeness (QED) is 0.0986. The molecule has 0 amide bonds. The summed E-state index contributed by atoms with van der Waals surface area (Å²) in [6.07, 6.45) is 0.